The van der Waals surface area contributed by atoms with E-state index in [2.05, 4.69) is 5.32 Å². The van der Waals surface area contributed by atoms with Gasteiger partial charge in [0.25, 0.3) is 0 Å². The third-order valence-corrected chi connectivity index (χ3v) is 2.23. The van der Waals surface area contributed by atoms with Gasteiger partial charge in [0, 0.05) is 18.3 Å². The SMILES string of the molecule is CC(C)(C)OC(O)NCCCOc1cccc(N)c1. The molecule has 5 nitrogen and oxygen atoms in total. The molecule has 0 radical (unpaired) electrons. The van der Waals surface area contributed by atoms with E-state index in [1.165, 1.54) is 0 Å². The second-order valence-electron chi connectivity index (χ2n) is 5.31. The fourth-order valence-electron chi connectivity index (χ4n) is 1.47. The van der Waals surface area contributed by atoms with E-state index in [-0.39, 0.29) is 5.60 Å². The van der Waals surface area contributed by atoms with Crippen molar-refractivity contribution in [3.63, 3.8) is 0 Å². The van der Waals surface area contributed by atoms with Gasteiger partial charge in [-0.1, -0.05) is 6.07 Å². The van der Waals surface area contributed by atoms with Crippen LogP contribution in [0.1, 0.15) is 27.2 Å². The Morgan fingerprint density at radius 1 is 1.37 bits per heavy atom. The van der Waals surface area contributed by atoms with E-state index in [0.29, 0.717) is 18.8 Å². The van der Waals surface area contributed by atoms with Crippen molar-refractivity contribution >= 4 is 5.69 Å². The van der Waals surface area contributed by atoms with Crippen LogP contribution in [0, 0.1) is 0 Å². The van der Waals surface area contributed by atoms with Crippen LogP contribution in [0.2, 0.25) is 0 Å². The maximum absolute atomic E-state index is 9.55. The summed E-state index contributed by atoms with van der Waals surface area (Å²) in [7, 11) is 0. The Morgan fingerprint density at radius 2 is 2.11 bits per heavy atom. The molecular weight excluding hydrogens is 244 g/mol. The smallest absolute Gasteiger partial charge is 0.214 e. The molecule has 0 heterocycles. The predicted octanol–water partition coefficient (Wildman–Crippen LogP) is 1.72. The Balaban J connectivity index is 2.11. The van der Waals surface area contributed by atoms with Gasteiger partial charge in [0.1, 0.15) is 5.75 Å². The Hall–Kier alpha value is -1.30. The highest BCUT2D eigenvalue weighted by Gasteiger charge is 2.15. The molecule has 0 amide bonds. The quantitative estimate of drug-likeness (QED) is 0.399. The number of nitrogens with one attached hydrogen (secondary N) is 1. The predicted molar refractivity (Wildman–Crippen MR) is 75.8 cm³/mol. The Morgan fingerprint density at radius 3 is 2.74 bits per heavy atom. The lowest BCUT2D eigenvalue weighted by Gasteiger charge is -2.24. The molecule has 1 unspecified atom stereocenters. The van der Waals surface area contributed by atoms with Crippen LogP contribution in [0.3, 0.4) is 0 Å². The molecule has 0 saturated heterocycles. The fraction of sp³-hybridized carbons (Fsp3) is 0.571. The third kappa shape index (κ3) is 7.66. The molecule has 0 aliphatic rings. The van der Waals surface area contributed by atoms with Gasteiger partial charge in [-0.15, -0.1) is 0 Å². The second kappa shape index (κ2) is 7.33. The Bertz CT molecular complexity index is 377. The number of rotatable bonds is 7. The summed E-state index contributed by atoms with van der Waals surface area (Å²) in [5.74, 6) is 0.756. The van der Waals surface area contributed by atoms with Gasteiger partial charge in [-0.2, -0.15) is 0 Å². The molecular formula is C14H24N2O3. The van der Waals surface area contributed by atoms with E-state index in [0.717, 1.165) is 12.2 Å². The van der Waals surface area contributed by atoms with E-state index in [1.54, 1.807) is 6.07 Å². The lowest BCUT2D eigenvalue weighted by molar-refractivity contribution is -0.181. The molecule has 5 heteroatoms. The molecule has 0 fully saturated rings. The first kappa shape index (κ1) is 15.8. The van der Waals surface area contributed by atoms with E-state index in [9.17, 15) is 5.11 Å². The number of aliphatic hydroxyl groups excluding tert-OH is 1. The minimum atomic E-state index is -0.952. The van der Waals surface area contributed by atoms with Crippen LogP contribution in [-0.4, -0.2) is 30.3 Å². The number of hydrogen-bond acceptors (Lipinski definition) is 5. The summed E-state index contributed by atoms with van der Waals surface area (Å²) in [5.41, 5.74) is 5.96. The molecule has 0 aliphatic heterocycles. The zero-order valence-electron chi connectivity index (χ0n) is 11.8. The first-order valence-electron chi connectivity index (χ1n) is 6.44. The molecule has 1 atom stereocenters. The first-order chi connectivity index (χ1) is 8.87. The molecule has 19 heavy (non-hydrogen) atoms. The lowest BCUT2D eigenvalue weighted by atomic mass is 10.2. The van der Waals surface area contributed by atoms with Crippen LogP contribution in [0.15, 0.2) is 24.3 Å². The van der Waals surface area contributed by atoms with Crippen molar-refractivity contribution in [3.8, 4) is 5.75 Å². The highest BCUT2D eigenvalue weighted by molar-refractivity contribution is 5.43. The summed E-state index contributed by atoms with van der Waals surface area (Å²) in [6, 6.07) is 7.31. The molecule has 0 bridgehead atoms. The van der Waals surface area contributed by atoms with Crippen LogP contribution in [0.5, 0.6) is 5.75 Å². The summed E-state index contributed by atoms with van der Waals surface area (Å²) in [6.07, 6.45) is -0.188. The maximum Gasteiger partial charge on any atom is 0.214 e. The van der Waals surface area contributed by atoms with Gasteiger partial charge in [0.05, 0.1) is 12.2 Å². The number of benzene rings is 1. The first-order valence-corrected chi connectivity index (χ1v) is 6.44. The minimum Gasteiger partial charge on any atom is -0.493 e. The van der Waals surface area contributed by atoms with Crippen LogP contribution < -0.4 is 15.8 Å². The van der Waals surface area contributed by atoms with Crippen molar-refractivity contribution in [1.82, 2.24) is 5.32 Å². The normalized spacial score (nSPS) is 13.3. The Kier molecular flexibility index (Phi) is 6.08. The van der Waals surface area contributed by atoms with Gasteiger partial charge in [0.15, 0.2) is 0 Å². The summed E-state index contributed by atoms with van der Waals surface area (Å²) in [4.78, 5) is 0. The van der Waals surface area contributed by atoms with E-state index in [1.807, 2.05) is 39.0 Å². The average molecular weight is 268 g/mol. The highest BCUT2D eigenvalue weighted by atomic mass is 16.6. The second-order valence-corrected chi connectivity index (χ2v) is 5.31. The van der Waals surface area contributed by atoms with Gasteiger partial charge < -0.3 is 20.3 Å². The standard InChI is InChI=1S/C14H24N2O3/c1-14(2,3)19-13(17)16-8-5-9-18-12-7-4-6-11(15)10-12/h4,6-7,10,13,16-17H,5,8-9,15H2,1-3H3. The van der Waals surface area contributed by atoms with E-state index >= 15 is 0 Å². The maximum atomic E-state index is 9.55. The molecule has 1 rings (SSSR count). The number of aliphatic hydroxyl groups is 1. The van der Waals surface area contributed by atoms with Crippen molar-refractivity contribution in [3.05, 3.63) is 24.3 Å². The van der Waals surface area contributed by atoms with Crippen molar-refractivity contribution in [2.75, 3.05) is 18.9 Å². The molecule has 1 aromatic carbocycles. The van der Waals surface area contributed by atoms with Gasteiger partial charge in [0.2, 0.25) is 6.41 Å². The Labute approximate surface area is 114 Å². The van der Waals surface area contributed by atoms with Crippen molar-refractivity contribution in [1.29, 1.82) is 0 Å². The number of ether oxygens (including phenoxy) is 2. The molecule has 4 N–H and O–H groups in total. The van der Waals surface area contributed by atoms with Gasteiger partial charge in [-0.25, -0.2) is 0 Å². The third-order valence-electron chi connectivity index (χ3n) is 2.23. The number of nitrogens with two attached hydrogens (primary N) is 1. The molecule has 0 aliphatic carbocycles. The van der Waals surface area contributed by atoms with Crippen LogP contribution in [0.4, 0.5) is 5.69 Å². The molecule has 0 saturated carbocycles. The number of anilines is 1. The van der Waals surface area contributed by atoms with E-state index in [4.69, 9.17) is 15.2 Å². The monoisotopic (exact) mass is 268 g/mol. The van der Waals surface area contributed by atoms with Crippen LogP contribution >= 0.6 is 0 Å². The average Bonchev–Trinajstić information content (AvgIpc) is 2.26. The van der Waals surface area contributed by atoms with Crippen molar-refractivity contribution in [2.24, 2.45) is 0 Å². The van der Waals surface area contributed by atoms with Gasteiger partial charge in [-0.3, -0.25) is 5.32 Å². The van der Waals surface area contributed by atoms with Crippen molar-refractivity contribution in [2.45, 2.75) is 39.2 Å². The molecule has 0 aromatic heterocycles. The topological polar surface area (TPSA) is 76.7 Å². The fourth-order valence-corrected chi connectivity index (χ4v) is 1.47. The molecule has 1 aromatic rings. The number of nitrogen functional groups attached to an aromatic ring is 1. The summed E-state index contributed by atoms with van der Waals surface area (Å²) >= 11 is 0. The van der Waals surface area contributed by atoms with Crippen LogP contribution in [0.25, 0.3) is 0 Å². The van der Waals surface area contributed by atoms with Crippen molar-refractivity contribution < 1.29 is 14.6 Å². The molecule has 108 valence electrons. The van der Waals surface area contributed by atoms with Crippen LogP contribution in [-0.2, 0) is 4.74 Å². The molecule has 0 spiro atoms. The summed E-state index contributed by atoms with van der Waals surface area (Å²) in [5, 5.41) is 12.4. The van der Waals surface area contributed by atoms with Gasteiger partial charge in [-0.05, 0) is 39.3 Å². The minimum absolute atomic E-state index is 0.371. The highest BCUT2D eigenvalue weighted by Crippen LogP contribution is 2.14. The largest absolute Gasteiger partial charge is 0.493 e. The lowest BCUT2D eigenvalue weighted by Crippen LogP contribution is -2.38. The summed E-state index contributed by atoms with van der Waals surface area (Å²) in [6.45, 7) is 6.83. The van der Waals surface area contributed by atoms with Gasteiger partial charge >= 0.3 is 0 Å². The zero-order valence-corrected chi connectivity index (χ0v) is 11.8. The summed E-state index contributed by atoms with van der Waals surface area (Å²) < 4.78 is 10.8. The number of hydrogen-bond donors (Lipinski definition) is 3. The zero-order chi connectivity index (χ0) is 14.3. The van der Waals surface area contributed by atoms with E-state index < -0.39 is 6.41 Å².